The van der Waals surface area contributed by atoms with Gasteiger partial charge in [0.1, 0.15) is 0 Å². The lowest BCUT2D eigenvalue weighted by molar-refractivity contribution is 0.356. The smallest absolute Gasteiger partial charge is 0.194 e. The second-order valence-corrected chi connectivity index (χ2v) is 5.77. The number of rotatable bonds is 8. The summed E-state index contributed by atoms with van der Waals surface area (Å²) in [5.41, 5.74) is 0.490. The molecule has 0 heterocycles. The SMILES string of the molecule is CC(C)(C)CCCCCCCCN=S=O. The molecule has 0 aromatic carbocycles. The zero-order valence-corrected chi connectivity index (χ0v) is 11.2. The molecule has 0 atom stereocenters. The summed E-state index contributed by atoms with van der Waals surface area (Å²) in [6.07, 6.45) is 8.96. The lowest BCUT2D eigenvalue weighted by atomic mass is 9.89. The quantitative estimate of drug-likeness (QED) is 0.577. The lowest BCUT2D eigenvalue weighted by Crippen LogP contribution is -2.03. The van der Waals surface area contributed by atoms with Crippen molar-refractivity contribution in [3.63, 3.8) is 0 Å². The van der Waals surface area contributed by atoms with Crippen LogP contribution in [-0.4, -0.2) is 10.8 Å². The molecular formula is C12H25NOS. The van der Waals surface area contributed by atoms with Crippen LogP contribution in [0.15, 0.2) is 4.36 Å². The van der Waals surface area contributed by atoms with Gasteiger partial charge in [0.15, 0.2) is 11.5 Å². The van der Waals surface area contributed by atoms with E-state index in [0.717, 1.165) is 13.0 Å². The van der Waals surface area contributed by atoms with E-state index in [2.05, 4.69) is 25.1 Å². The number of hydrogen-bond donors (Lipinski definition) is 0. The molecule has 3 heteroatoms. The molecular weight excluding hydrogens is 206 g/mol. The summed E-state index contributed by atoms with van der Waals surface area (Å²) in [6, 6.07) is 0. The molecule has 0 bridgehead atoms. The largest absolute Gasteiger partial charge is 0.199 e. The molecule has 0 saturated heterocycles. The Bertz CT molecular complexity index is 192. The van der Waals surface area contributed by atoms with Crippen molar-refractivity contribution in [1.29, 1.82) is 0 Å². The minimum absolute atomic E-state index is 0.351. The molecule has 0 amide bonds. The highest BCUT2D eigenvalue weighted by molar-refractivity contribution is 7.54. The summed E-state index contributed by atoms with van der Waals surface area (Å²) in [5, 5.41) is 0. The molecule has 0 unspecified atom stereocenters. The number of unbranched alkanes of at least 4 members (excludes halogenated alkanes) is 5. The summed E-state index contributed by atoms with van der Waals surface area (Å²) in [7, 11) is 0. The van der Waals surface area contributed by atoms with Crippen LogP contribution in [0.25, 0.3) is 0 Å². The van der Waals surface area contributed by atoms with Gasteiger partial charge in [-0.15, -0.1) is 0 Å². The van der Waals surface area contributed by atoms with Gasteiger partial charge in [0.05, 0.1) is 6.54 Å². The maximum atomic E-state index is 9.95. The monoisotopic (exact) mass is 231 g/mol. The van der Waals surface area contributed by atoms with Crippen molar-refractivity contribution < 1.29 is 4.21 Å². The van der Waals surface area contributed by atoms with E-state index in [9.17, 15) is 4.21 Å². The van der Waals surface area contributed by atoms with Crippen molar-refractivity contribution in [3.8, 4) is 0 Å². The van der Waals surface area contributed by atoms with Crippen molar-refractivity contribution in [2.24, 2.45) is 9.78 Å². The van der Waals surface area contributed by atoms with Crippen molar-refractivity contribution in [2.45, 2.75) is 65.7 Å². The fraction of sp³-hybridized carbons (Fsp3) is 1.00. The van der Waals surface area contributed by atoms with Gasteiger partial charge in [-0.25, -0.2) is 0 Å². The Balaban J connectivity index is 3.08. The Kier molecular flexibility index (Phi) is 8.97. The van der Waals surface area contributed by atoms with E-state index in [1.165, 1.54) is 38.5 Å². The summed E-state index contributed by atoms with van der Waals surface area (Å²) >= 11 is 0.351. The van der Waals surface area contributed by atoms with Crippen molar-refractivity contribution in [3.05, 3.63) is 0 Å². The first-order valence-electron chi connectivity index (χ1n) is 6.02. The molecule has 0 fully saturated rings. The van der Waals surface area contributed by atoms with Gasteiger partial charge in [0.2, 0.25) is 0 Å². The molecule has 0 aromatic heterocycles. The molecule has 15 heavy (non-hydrogen) atoms. The first-order chi connectivity index (χ1) is 7.06. The first kappa shape index (κ1) is 14.8. The van der Waals surface area contributed by atoms with Crippen LogP contribution in [0.2, 0.25) is 0 Å². The van der Waals surface area contributed by atoms with Gasteiger partial charge in [-0.3, -0.25) is 0 Å². The first-order valence-corrected chi connectivity index (χ1v) is 6.72. The van der Waals surface area contributed by atoms with Gasteiger partial charge in [-0.2, -0.15) is 8.57 Å². The number of hydrogen-bond acceptors (Lipinski definition) is 2. The van der Waals surface area contributed by atoms with Gasteiger partial charge in [0, 0.05) is 0 Å². The molecule has 0 radical (unpaired) electrons. The predicted octanol–water partition coefficient (Wildman–Crippen LogP) is 4.16. The second-order valence-electron chi connectivity index (χ2n) is 5.36. The molecule has 0 N–H and O–H groups in total. The predicted molar refractivity (Wildman–Crippen MR) is 67.2 cm³/mol. The maximum absolute atomic E-state index is 9.95. The van der Waals surface area contributed by atoms with Crippen molar-refractivity contribution in [2.75, 3.05) is 6.54 Å². The van der Waals surface area contributed by atoms with E-state index in [1.54, 1.807) is 0 Å². The molecule has 0 aliphatic heterocycles. The minimum Gasteiger partial charge on any atom is -0.194 e. The third-order valence-electron chi connectivity index (χ3n) is 2.48. The lowest BCUT2D eigenvalue weighted by Gasteiger charge is -2.17. The highest BCUT2D eigenvalue weighted by atomic mass is 32.1. The molecule has 90 valence electrons. The van der Waals surface area contributed by atoms with E-state index in [-0.39, 0.29) is 0 Å². The van der Waals surface area contributed by atoms with Crippen molar-refractivity contribution in [1.82, 2.24) is 0 Å². The van der Waals surface area contributed by atoms with Crippen molar-refractivity contribution >= 4 is 11.5 Å². The Labute approximate surface area is 98.1 Å². The van der Waals surface area contributed by atoms with E-state index in [4.69, 9.17) is 0 Å². The van der Waals surface area contributed by atoms with Gasteiger partial charge < -0.3 is 0 Å². The van der Waals surface area contributed by atoms with E-state index in [0.29, 0.717) is 16.9 Å². The van der Waals surface area contributed by atoms with Crippen LogP contribution < -0.4 is 0 Å². The highest BCUT2D eigenvalue weighted by Crippen LogP contribution is 2.22. The average molecular weight is 231 g/mol. The van der Waals surface area contributed by atoms with Crippen LogP contribution >= 0.6 is 0 Å². The normalized spacial score (nSPS) is 11.4. The van der Waals surface area contributed by atoms with E-state index < -0.39 is 0 Å². The maximum Gasteiger partial charge on any atom is 0.199 e. The zero-order valence-electron chi connectivity index (χ0n) is 10.4. The number of nitrogens with zero attached hydrogens (tertiary/aromatic N) is 1. The molecule has 2 nitrogen and oxygen atoms in total. The van der Waals surface area contributed by atoms with Crippen LogP contribution in [0.3, 0.4) is 0 Å². The third-order valence-corrected chi connectivity index (χ3v) is 2.77. The third kappa shape index (κ3) is 13.8. The molecule has 0 aliphatic rings. The van der Waals surface area contributed by atoms with Gasteiger partial charge in [-0.1, -0.05) is 52.9 Å². The van der Waals surface area contributed by atoms with Gasteiger partial charge >= 0.3 is 0 Å². The summed E-state index contributed by atoms with van der Waals surface area (Å²) < 4.78 is 13.6. The Hall–Kier alpha value is -0.180. The van der Waals surface area contributed by atoms with Gasteiger partial charge in [0.25, 0.3) is 0 Å². The zero-order chi connectivity index (χ0) is 11.6. The average Bonchev–Trinajstić information content (AvgIpc) is 2.14. The van der Waals surface area contributed by atoms with E-state index in [1.807, 2.05) is 0 Å². The molecule has 0 rings (SSSR count). The van der Waals surface area contributed by atoms with Crippen LogP contribution in [0.1, 0.15) is 65.7 Å². The molecule has 0 aromatic rings. The van der Waals surface area contributed by atoms with Crippen LogP contribution in [-0.2, 0) is 11.5 Å². The molecule has 0 saturated carbocycles. The summed E-state index contributed by atoms with van der Waals surface area (Å²) in [5.74, 6) is 0. The summed E-state index contributed by atoms with van der Waals surface area (Å²) in [4.78, 5) is 0. The van der Waals surface area contributed by atoms with Crippen LogP contribution in [0.5, 0.6) is 0 Å². The fourth-order valence-electron chi connectivity index (χ4n) is 1.58. The fourth-order valence-corrected chi connectivity index (χ4v) is 1.78. The van der Waals surface area contributed by atoms with Crippen LogP contribution in [0, 0.1) is 5.41 Å². The standard InChI is InChI=1S/C12H25NOS/c1-12(2,3)10-8-6-4-5-7-9-11-13-15-14/h4-11H2,1-3H3. The topological polar surface area (TPSA) is 29.4 Å². The molecule has 0 aliphatic carbocycles. The Morgan fingerprint density at radius 1 is 0.933 bits per heavy atom. The highest BCUT2D eigenvalue weighted by Gasteiger charge is 2.08. The summed E-state index contributed by atoms with van der Waals surface area (Å²) in [6.45, 7) is 7.63. The van der Waals surface area contributed by atoms with E-state index >= 15 is 0 Å². The van der Waals surface area contributed by atoms with Crippen LogP contribution in [0.4, 0.5) is 0 Å². The second kappa shape index (κ2) is 9.08. The minimum atomic E-state index is 0.351. The Morgan fingerprint density at radius 3 is 2.00 bits per heavy atom. The van der Waals surface area contributed by atoms with Gasteiger partial charge in [-0.05, 0) is 18.3 Å². The molecule has 0 spiro atoms. The Morgan fingerprint density at radius 2 is 1.47 bits per heavy atom.